The van der Waals surface area contributed by atoms with Crippen LogP contribution >= 0.6 is 0 Å². The highest BCUT2D eigenvalue weighted by Crippen LogP contribution is 2.28. The Morgan fingerprint density at radius 3 is 2.60 bits per heavy atom. The molecule has 0 heterocycles. The third-order valence-corrected chi connectivity index (χ3v) is 2.58. The summed E-state index contributed by atoms with van der Waals surface area (Å²) in [5, 5.41) is 2.60. The fourth-order valence-corrected chi connectivity index (χ4v) is 1.46. The highest BCUT2D eigenvalue weighted by atomic mass is 16.5. The first-order valence-corrected chi connectivity index (χ1v) is 5.33. The summed E-state index contributed by atoms with van der Waals surface area (Å²) in [6, 6.07) is 0. The van der Waals surface area contributed by atoms with Crippen molar-refractivity contribution in [1.82, 2.24) is 5.32 Å². The molecule has 0 saturated heterocycles. The van der Waals surface area contributed by atoms with Gasteiger partial charge in [0, 0.05) is 0 Å². The Hall–Kier alpha value is -1.10. The van der Waals surface area contributed by atoms with Crippen molar-refractivity contribution in [2.75, 3.05) is 19.7 Å². The van der Waals surface area contributed by atoms with Gasteiger partial charge < -0.3 is 10.5 Å². The van der Waals surface area contributed by atoms with Crippen molar-refractivity contribution in [3.8, 4) is 0 Å². The number of nitrogens with one attached hydrogen (secondary N) is 1. The average Bonchev–Trinajstić information content (AvgIpc) is 2.08. The number of ether oxygens (including phenoxy) is 1. The van der Waals surface area contributed by atoms with E-state index in [9.17, 15) is 9.59 Å². The molecule has 1 aliphatic carbocycles. The number of carbonyl (C=O) groups excluding carboxylic acids is 2. The van der Waals surface area contributed by atoms with Gasteiger partial charge in [-0.2, -0.15) is 0 Å². The van der Waals surface area contributed by atoms with Crippen LogP contribution in [0.15, 0.2) is 0 Å². The van der Waals surface area contributed by atoms with Crippen molar-refractivity contribution < 1.29 is 14.3 Å². The number of rotatable bonds is 7. The first-order valence-electron chi connectivity index (χ1n) is 5.33. The van der Waals surface area contributed by atoms with E-state index in [1.165, 1.54) is 19.3 Å². The summed E-state index contributed by atoms with van der Waals surface area (Å²) >= 11 is 0. The molecule has 0 unspecified atom stereocenters. The van der Waals surface area contributed by atoms with Crippen LogP contribution in [0.25, 0.3) is 0 Å². The van der Waals surface area contributed by atoms with Gasteiger partial charge >= 0.3 is 5.97 Å². The Bertz CT molecular complexity index is 227. The standard InChI is InChI=1S/C10H18N2O3/c11-9(13)6-12-7-10(14)15-5-4-8-2-1-3-8/h8,12H,1-7H2,(H2,11,13). The van der Waals surface area contributed by atoms with Gasteiger partial charge in [0.15, 0.2) is 0 Å². The maximum absolute atomic E-state index is 11.1. The molecular formula is C10H18N2O3. The Morgan fingerprint density at radius 2 is 2.07 bits per heavy atom. The van der Waals surface area contributed by atoms with E-state index in [1.807, 2.05) is 0 Å². The van der Waals surface area contributed by atoms with Gasteiger partial charge in [-0.3, -0.25) is 14.9 Å². The molecule has 86 valence electrons. The molecule has 1 rings (SSSR count). The molecule has 0 aromatic rings. The zero-order valence-corrected chi connectivity index (χ0v) is 8.83. The van der Waals surface area contributed by atoms with E-state index < -0.39 is 5.91 Å². The van der Waals surface area contributed by atoms with Gasteiger partial charge in [-0.25, -0.2) is 0 Å². The van der Waals surface area contributed by atoms with E-state index in [2.05, 4.69) is 5.32 Å². The molecule has 1 fully saturated rings. The van der Waals surface area contributed by atoms with Gasteiger partial charge in [0.2, 0.25) is 5.91 Å². The normalized spacial score (nSPS) is 15.7. The summed E-state index contributed by atoms with van der Waals surface area (Å²) in [6.45, 7) is 0.549. The first-order chi connectivity index (χ1) is 7.18. The maximum atomic E-state index is 11.1. The van der Waals surface area contributed by atoms with Gasteiger partial charge in [-0.15, -0.1) is 0 Å². The minimum absolute atomic E-state index is 0.0116. The van der Waals surface area contributed by atoms with E-state index in [0.29, 0.717) is 6.61 Å². The predicted molar refractivity (Wildman–Crippen MR) is 55.0 cm³/mol. The minimum Gasteiger partial charge on any atom is -0.465 e. The lowest BCUT2D eigenvalue weighted by atomic mass is 9.83. The summed E-state index contributed by atoms with van der Waals surface area (Å²) in [6.07, 6.45) is 4.79. The quantitative estimate of drug-likeness (QED) is 0.575. The van der Waals surface area contributed by atoms with Crippen LogP contribution in [0, 0.1) is 5.92 Å². The highest BCUT2D eigenvalue weighted by Gasteiger charge is 2.17. The Balaban J connectivity index is 1.90. The van der Waals surface area contributed by atoms with E-state index in [4.69, 9.17) is 10.5 Å². The number of hydrogen-bond donors (Lipinski definition) is 2. The summed E-state index contributed by atoms with van der Waals surface area (Å²) in [5.74, 6) is -0.0516. The molecule has 5 nitrogen and oxygen atoms in total. The third-order valence-electron chi connectivity index (χ3n) is 2.58. The van der Waals surface area contributed by atoms with Crippen molar-refractivity contribution in [3.63, 3.8) is 0 Å². The van der Waals surface area contributed by atoms with Crippen molar-refractivity contribution in [2.24, 2.45) is 11.7 Å². The summed E-state index contributed by atoms with van der Waals surface area (Å²) in [4.78, 5) is 21.4. The SMILES string of the molecule is NC(=O)CNCC(=O)OCCC1CCC1. The fraction of sp³-hybridized carbons (Fsp3) is 0.800. The van der Waals surface area contributed by atoms with Crippen LogP contribution in [0.1, 0.15) is 25.7 Å². The van der Waals surface area contributed by atoms with Crippen molar-refractivity contribution >= 4 is 11.9 Å². The van der Waals surface area contributed by atoms with Crippen molar-refractivity contribution in [3.05, 3.63) is 0 Å². The average molecular weight is 214 g/mol. The molecule has 5 heteroatoms. The van der Waals surface area contributed by atoms with Crippen LogP contribution in [-0.4, -0.2) is 31.6 Å². The second kappa shape index (κ2) is 6.40. The van der Waals surface area contributed by atoms with E-state index in [0.717, 1.165) is 12.3 Å². The number of primary amides is 1. The maximum Gasteiger partial charge on any atom is 0.319 e. The molecule has 1 aliphatic rings. The molecule has 1 amide bonds. The van der Waals surface area contributed by atoms with Crippen LogP contribution in [0.5, 0.6) is 0 Å². The Labute approximate surface area is 89.3 Å². The Morgan fingerprint density at radius 1 is 1.33 bits per heavy atom. The number of esters is 1. The lowest BCUT2D eigenvalue weighted by molar-refractivity contribution is -0.143. The summed E-state index contributed by atoms with van der Waals surface area (Å²) in [7, 11) is 0. The van der Waals surface area contributed by atoms with Gasteiger partial charge in [0.05, 0.1) is 19.7 Å². The summed E-state index contributed by atoms with van der Waals surface area (Å²) in [5.41, 5.74) is 4.89. The van der Waals surface area contributed by atoms with E-state index in [1.54, 1.807) is 0 Å². The number of nitrogens with two attached hydrogens (primary N) is 1. The van der Waals surface area contributed by atoms with Gasteiger partial charge in [-0.1, -0.05) is 19.3 Å². The van der Waals surface area contributed by atoms with Crippen LogP contribution in [0.3, 0.4) is 0 Å². The first kappa shape index (κ1) is 12.0. The smallest absolute Gasteiger partial charge is 0.319 e. The van der Waals surface area contributed by atoms with Gasteiger partial charge in [0.25, 0.3) is 0 Å². The van der Waals surface area contributed by atoms with Crippen molar-refractivity contribution in [2.45, 2.75) is 25.7 Å². The Kier molecular flexibility index (Phi) is 5.10. The van der Waals surface area contributed by atoms with Gasteiger partial charge in [0.1, 0.15) is 0 Å². The molecule has 0 radical (unpaired) electrons. The molecule has 0 aliphatic heterocycles. The molecule has 0 bridgehead atoms. The largest absolute Gasteiger partial charge is 0.465 e. The topological polar surface area (TPSA) is 81.4 Å². The minimum atomic E-state index is -0.475. The van der Waals surface area contributed by atoms with Crippen LogP contribution in [0.4, 0.5) is 0 Å². The molecular weight excluding hydrogens is 196 g/mol. The van der Waals surface area contributed by atoms with E-state index in [-0.39, 0.29) is 19.1 Å². The number of hydrogen-bond acceptors (Lipinski definition) is 4. The molecule has 0 atom stereocenters. The van der Waals surface area contributed by atoms with Crippen LogP contribution in [0.2, 0.25) is 0 Å². The van der Waals surface area contributed by atoms with Crippen LogP contribution < -0.4 is 11.1 Å². The highest BCUT2D eigenvalue weighted by molar-refractivity contribution is 5.77. The number of carbonyl (C=O) groups is 2. The summed E-state index contributed by atoms with van der Waals surface area (Å²) < 4.78 is 4.98. The molecule has 3 N–H and O–H groups in total. The van der Waals surface area contributed by atoms with Crippen LogP contribution in [-0.2, 0) is 14.3 Å². The van der Waals surface area contributed by atoms with E-state index >= 15 is 0 Å². The lowest BCUT2D eigenvalue weighted by Gasteiger charge is -2.24. The lowest BCUT2D eigenvalue weighted by Crippen LogP contribution is -2.33. The molecule has 0 aromatic carbocycles. The molecule has 1 saturated carbocycles. The zero-order valence-electron chi connectivity index (χ0n) is 8.83. The predicted octanol–water partition coefficient (Wildman–Crippen LogP) is -0.205. The van der Waals surface area contributed by atoms with Gasteiger partial charge in [-0.05, 0) is 12.3 Å². The number of amides is 1. The second-order valence-corrected chi connectivity index (χ2v) is 3.88. The second-order valence-electron chi connectivity index (χ2n) is 3.88. The fourth-order valence-electron chi connectivity index (χ4n) is 1.46. The molecule has 0 spiro atoms. The third kappa shape index (κ3) is 5.37. The zero-order chi connectivity index (χ0) is 11.1. The molecule has 0 aromatic heterocycles. The van der Waals surface area contributed by atoms with Crippen molar-refractivity contribution in [1.29, 1.82) is 0 Å². The monoisotopic (exact) mass is 214 g/mol. The molecule has 15 heavy (non-hydrogen) atoms.